The molecule has 0 bridgehead atoms. The van der Waals surface area contributed by atoms with Crippen LogP contribution in [0.25, 0.3) is 0 Å². The summed E-state index contributed by atoms with van der Waals surface area (Å²) in [6, 6.07) is 21.1. The Bertz CT molecular complexity index is 1220. The molecule has 0 spiro atoms. The molecule has 0 saturated heterocycles. The van der Waals surface area contributed by atoms with Gasteiger partial charge in [0.2, 0.25) is 0 Å². The molecule has 4 rings (SSSR count). The Labute approximate surface area is 181 Å². The van der Waals surface area contributed by atoms with Gasteiger partial charge in [-0.25, -0.2) is 0 Å². The molecule has 1 atom stereocenters. The van der Waals surface area contributed by atoms with Gasteiger partial charge >= 0.3 is 0 Å². The Morgan fingerprint density at radius 2 is 1.67 bits per heavy atom. The van der Waals surface area contributed by atoms with Crippen LogP contribution in [0, 0.1) is 6.92 Å². The van der Waals surface area contributed by atoms with Gasteiger partial charge in [0.1, 0.15) is 5.75 Å². The van der Waals surface area contributed by atoms with Crippen LogP contribution in [0.15, 0.2) is 82.8 Å². The third-order valence-corrected chi connectivity index (χ3v) is 7.35. The van der Waals surface area contributed by atoms with Gasteiger partial charge in [0.15, 0.2) is 0 Å². The van der Waals surface area contributed by atoms with Crippen LogP contribution in [-0.2, 0) is 10.0 Å². The van der Waals surface area contributed by atoms with Crippen molar-refractivity contribution < 1.29 is 13.2 Å². The van der Waals surface area contributed by atoms with E-state index in [2.05, 4.69) is 5.10 Å². The summed E-state index contributed by atoms with van der Waals surface area (Å²) in [7, 11) is -2.33. The van der Waals surface area contributed by atoms with Crippen molar-refractivity contribution in [1.29, 1.82) is 0 Å². The molecule has 1 aliphatic heterocycles. The summed E-state index contributed by atoms with van der Waals surface area (Å²) in [4.78, 5) is 0.231. The molecule has 154 valence electrons. The van der Waals surface area contributed by atoms with Gasteiger partial charge in [-0.1, -0.05) is 66.2 Å². The number of hydrogen-bond acceptors (Lipinski definition) is 4. The minimum atomic E-state index is -3.90. The van der Waals surface area contributed by atoms with Gasteiger partial charge in [0, 0.05) is 22.6 Å². The molecule has 5 nitrogen and oxygen atoms in total. The molecule has 3 aromatic rings. The Kier molecular flexibility index (Phi) is 5.54. The molecular formula is C23H21ClN2O3S. The van der Waals surface area contributed by atoms with E-state index in [1.54, 1.807) is 38.3 Å². The highest BCUT2D eigenvalue weighted by Crippen LogP contribution is 2.41. The van der Waals surface area contributed by atoms with Gasteiger partial charge in [-0.05, 0) is 30.7 Å². The van der Waals surface area contributed by atoms with Crippen molar-refractivity contribution in [2.45, 2.75) is 24.3 Å². The highest BCUT2D eigenvalue weighted by atomic mass is 35.5. The van der Waals surface area contributed by atoms with Crippen LogP contribution in [0.3, 0.4) is 0 Å². The predicted octanol–water partition coefficient (Wildman–Crippen LogP) is 5.20. The topological polar surface area (TPSA) is 59.0 Å². The van der Waals surface area contributed by atoms with E-state index in [-0.39, 0.29) is 4.90 Å². The minimum absolute atomic E-state index is 0.231. The second-order valence-electron chi connectivity index (χ2n) is 7.03. The normalized spacial score (nSPS) is 16.4. The first-order chi connectivity index (χ1) is 14.4. The molecule has 1 aliphatic rings. The Hall–Kier alpha value is -2.83. The van der Waals surface area contributed by atoms with Crippen molar-refractivity contribution in [3.63, 3.8) is 0 Å². The van der Waals surface area contributed by atoms with Crippen LogP contribution in [-0.4, -0.2) is 25.7 Å². The zero-order chi connectivity index (χ0) is 21.3. The van der Waals surface area contributed by atoms with Crippen LogP contribution >= 0.6 is 11.6 Å². The molecule has 0 aliphatic carbocycles. The lowest BCUT2D eigenvalue weighted by Crippen LogP contribution is -2.28. The summed E-state index contributed by atoms with van der Waals surface area (Å²) in [5.41, 5.74) is 2.76. The second-order valence-corrected chi connectivity index (χ2v) is 9.20. The Morgan fingerprint density at radius 3 is 2.40 bits per heavy atom. The van der Waals surface area contributed by atoms with E-state index >= 15 is 0 Å². The van der Waals surface area contributed by atoms with E-state index < -0.39 is 16.1 Å². The van der Waals surface area contributed by atoms with E-state index in [9.17, 15) is 8.42 Å². The number of nitrogens with zero attached hydrogens (tertiary/aromatic N) is 2. The number of sulfonamides is 1. The van der Waals surface area contributed by atoms with Crippen molar-refractivity contribution in [3.05, 3.63) is 94.5 Å². The van der Waals surface area contributed by atoms with Gasteiger partial charge < -0.3 is 4.74 Å². The summed E-state index contributed by atoms with van der Waals surface area (Å²) in [5.74, 6) is 0.614. The van der Waals surface area contributed by atoms with E-state index in [0.29, 0.717) is 28.5 Å². The fourth-order valence-corrected chi connectivity index (χ4v) is 5.59. The highest BCUT2D eigenvalue weighted by Gasteiger charge is 2.39. The first kappa shape index (κ1) is 20.4. The molecule has 0 aromatic heterocycles. The minimum Gasteiger partial charge on any atom is -0.496 e. The number of para-hydroxylation sites is 1. The first-order valence-corrected chi connectivity index (χ1v) is 11.3. The molecule has 0 unspecified atom stereocenters. The van der Waals surface area contributed by atoms with Crippen molar-refractivity contribution in [1.82, 2.24) is 4.41 Å². The number of ether oxygens (including phenoxy) is 1. The lowest BCUT2D eigenvalue weighted by molar-refractivity contribution is 0.350. The predicted molar refractivity (Wildman–Crippen MR) is 119 cm³/mol. The van der Waals surface area contributed by atoms with Crippen LogP contribution < -0.4 is 4.74 Å². The SMILES string of the molecule is COc1ccccc1[C@@H]1CC(c2ccccc2Cl)=NN1S(=O)(=O)c1ccccc1C. The van der Waals surface area contributed by atoms with Crippen LogP contribution in [0.4, 0.5) is 0 Å². The lowest BCUT2D eigenvalue weighted by atomic mass is 9.98. The van der Waals surface area contributed by atoms with Gasteiger partial charge in [0.05, 0.1) is 23.8 Å². The number of rotatable bonds is 5. The molecule has 0 N–H and O–H groups in total. The van der Waals surface area contributed by atoms with Crippen molar-refractivity contribution in [2.24, 2.45) is 5.10 Å². The number of hydrazone groups is 1. The first-order valence-electron chi connectivity index (χ1n) is 9.49. The zero-order valence-corrected chi connectivity index (χ0v) is 18.2. The summed E-state index contributed by atoms with van der Waals surface area (Å²) in [6.07, 6.45) is 0.384. The monoisotopic (exact) mass is 440 g/mol. The summed E-state index contributed by atoms with van der Waals surface area (Å²) in [6.45, 7) is 1.78. The van der Waals surface area contributed by atoms with Gasteiger partial charge in [-0.2, -0.15) is 17.9 Å². The zero-order valence-electron chi connectivity index (χ0n) is 16.6. The lowest BCUT2D eigenvalue weighted by Gasteiger charge is -2.25. The molecule has 0 fully saturated rings. The maximum Gasteiger partial charge on any atom is 0.279 e. The molecule has 1 heterocycles. The van der Waals surface area contributed by atoms with Crippen molar-refractivity contribution in [3.8, 4) is 5.75 Å². The molecule has 3 aromatic carbocycles. The third kappa shape index (κ3) is 3.57. The van der Waals surface area contributed by atoms with Crippen molar-refractivity contribution >= 4 is 27.3 Å². The fourth-order valence-electron chi connectivity index (χ4n) is 3.69. The fraction of sp³-hybridized carbons (Fsp3) is 0.174. The molecule has 30 heavy (non-hydrogen) atoms. The average molecular weight is 441 g/mol. The molecule has 7 heteroatoms. The number of benzene rings is 3. The maximum atomic E-state index is 13.6. The molecule has 0 radical (unpaired) electrons. The van der Waals surface area contributed by atoms with E-state index in [1.165, 1.54) is 4.41 Å². The second kappa shape index (κ2) is 8.13. The average Bonchev–Trinajstić information content (AvgIpc) is 3.20. The smallest absolute Gasteiger partial charge is 0.279 e. The van der Waals surface area contributed by atoms with Crippen LogP contribution in [0.1, 0.15) is 29.2 Å². The van der Waals surface area contributed by atoms with Crippen LogP contribution in [0.5, 0.6) is 5.75 Å². The number of methoxy groups -OCH3 is 1. The molecule has 0 saturated carbocycles. The van der Waals surface area contributed by atoms with Crippen LogP contribution in [0.2, 0.25) is 5.02 Å². The van der Waals surface area contributed by atoms with E-state index in [1.807, 2.05) is 48.5 Å². The van der Waals surface area contributed by atoms with E-state index in [0.717, 1.165) is 11.1 Å². The van der Waals surface area contributed by atoms with Crippen molar-refractivity contribution in [2.75, 3.05) is 7.11 Å². The standard InChI is InChI=1S/C23H21ClN2O3S/c1-16-9-3-8-14-23(16)30(27,28)26-21(18-11-5-7-13-22(18)29-2)15-20(25-26)17-10-4-6-12-19(17)24/h3-14,21H,15H2,1-2H3/t21-/m0/s1. The molecule has 0 amide bonds. The molecular weight excluding hydrogens is 420 g/mol. The maximum absolute atomic E-state index is 13.6. The quantitative estimate of drug-likeness (QED) is 0.548. The third-order valence-electron chi connectivity index (χ3n) is 5.17. The highest BCUT2D eigenvalue weighted by molar-refractivity contribution is 7.89. The Morgan fingerprint density at radius 1 is 1.00 bits per heavy atom. The summed E-state index contributed by atoms with van der Waals surface area (Å²) in [5, 5.41) is 5.10. The summed E-state index contributed by atoms with van der Waals surface area (Å²) < 4.78 is 34.0. The number of hydrogen-bond donors (Lipinski definition) is 0. The summed E-state index contributed by atoms with van der Waals surface area (Å²) >= 11 is 6.39. The number of halogens is 1. The Balaban J connectivity index is 1.88. The van der Waals surface area contributed by atoms with Gasteiger partial charge in [0.25, 0.3) is 10.0 Å². The van der Waals surface area contributed by atoms with E-state index in [4.69, 9.17) is 16.3 Å². The van der Waals surface area contributed by atoms with Gasteiger partial charge in [-0.15, -0.1) is 0 Å². The largest absolute Gasteiger partial charge is 0.496 e. The van der Waals surface area contributed by atoms with Gasteiger partial charge in [-0.3, -0.25) is 0 Å². The number of aryl methyl sites for hydroxylation is 1.